The molecule has 0 amide bonds. The Morgan fingerprint density at radius 1 is 1.00 bits per heavy atom. The zero-order chi connectivity index (χ0) is 15.1. The van der Waals surface area contributed by atoms with E-state index in [4.69, 9.17) is 0 Å². The fourth-order valence-electron chi connectivity index (χ4n) is 2.52. The molecule has 3 N–H and O–H groups in total. The van der Waals surface area contributed by atoms with E-state index in [-0.39, 0.29) is 24.4 Å². The number of nitrogens with one attached hydrogen (secondary N) is 1. The molecule has 0 heterocycles. The second-order valence-electron chi connectivity index (χ2n) is 5.29. The number of rotatable bonds is 7. The van der Waals surface area contributed by atoms with E-state index in [0.29, 0.717) is 0 Å². The first-order chi connectivity index (χ1) is 10.2. The highest BCUT2D eigenvalue weighted by atomic mass is 16.3. The van der Waals surface area contributed by atoms with Crippen LogP contribution in [0.5, 0.6) is 5.75 Å². The van der Waals surface area contributed by atoms with Gasteiger partial charge in [-0.25, -0.2) is 0 Å². The van der Waals surface area contributed by atoms with Crippen molar-refractivity contribution in [2.75, 3.05) is 6.61 Å². The molecule has 2 aromatic rings. The molecule has 0 bridgehead atoms. The average molecular weight is 285 g/mol. The maximum Gasteiger partial charge on any atom is 0.115 e. The molecule has 2 unspecified atom stereocenters. The molecule has 2 atom stereocenters. The Morgan fingerprint density at radius 2 is 1.67 bits per heavy atom. The molecule has 0 aliphatic rings. The summed E-state index contributed by atoms with van der Waals surface area (Å²) in [6.07, 6.45) is 1.72. The Balaban J connectivity index is 2.03. The maximum absolute atomic E-state index is 9.62. The highest BCUT2D eigenvalue weighted by molar-refractivity contribution is 5.28. The minimum Gasteiger partial charge on any atom is -0.508 e. The summed E-state index contributed by atoms with van der Waals surface area (Å²) in [6.45, 7) is 2.21. The van der Waals surface area contributed by atoms with E-state index in [9.17, 15) is 10.2 Å². The van der Waals surface area contributed by atoms with E-state index in [1.807, 2.05) is 30.3 Å². The van der Waals surface area contributed by atoms with Gasteiger partial charge in [-0.3, -0.25) is 0 Å². The van der Waals surface area contributed by atoms with Crippen molar-refractivity contribution in [3.8, 4) is 5.75 Å². The van der Waals surface area contributed by atoms with Crippen molar-refractivity contribution >= 4 is 0 Å². The molecule has 2 rings (SSSR count). The molecule has 3 nitrogen and oxygen atoms in total. The second kappa shape index (κ2) is 7.81. The predicted octanol–water partition coefficient (Wildman–Crippen LogP) is 3.04. The number of aliphatic hydroxyl groups is 1. The first kappa shape index (κ1) is 15.5. The van der Waals surface area contributed by atoms with Crippen LogP contribution in [0.4, 0.5) is 0 Å². The van der Waals surface area contributed by atoms with Crippen molar-refractivity contribution in [3.05, 3.63) is 65.7 Å². The van der Waals surface area contributed by atoms with Crippen LogP contribution in [0.3, 0.4) is 0 Å². The van der Waals surface area contributed by atoms with E-state index in [1.54, 1.807) is 12.1 Å². The molecule has 112 valence electrons. The monoisotopic (exact) mass is 285 g/mol. The van der Waals surface area contributed by atoms with Crippen molar-refractivity contribution in [1.29, 1.82) is 0 Å². The molecule has 0 aromatic heterocycles. The number of phenols is 1. The lowest BCUT2D eigenvalue weighted by molar-refractivity contribution is 0.229. The van der Waals surface area contributed by atoms with Crippen LogP contribution in [0.2, 0.25) is 0 Å². The first-order valence-electron chi connectivity index (χ1n) is 7.42. The van der Waals surface area contributed by atoms with Crippen molar-refractivity contribution in [2.45, 2.75) is 31.8 Å². The number of benzene rings is 2. The Labute approximate surface area is 126 Å². The summed E-state index contributed by atoms with van der Waals surface area (Å²) in [5.74, 6) is 0.275. The number of hydrogen-bond donors (Lipinski definition) is 3. The standard InChI is InChI=1S/C18H23NO2/c1-2-18(15-8-10-17(21)11-9-15)19-16(13-20)12-14-6-4-3-5-7-14/h3-11,16,18-21H,2,12-13H2,1H3. The van der Waals surface area contributed by atoms with Gasteiger partial charge in [-0.15, -0.1) is 0 Å². The van der Waals surface area contributed by atoms with Gasteiger partial charge in [0.1, 0.15) is 5.75 Å². The number of phenolic OH excluding ortho intramolecular Hbond substituents is 1. The van der Waals surface area contributed by atoms with Gasteiger partial charge in [0.2, 0.25) is 0 Å². The number of aromatic hydroxyl groups is 1. The van der Waals surface area contributed by atoms with Gasteiger partial charge in [-0.2, -0.15) is 0 Å². The number of aliphatic hydroxyl groups excluding tert-OH is 1. The van der Waals surface area contributed by atoms with Gasteiger partial charge in [-0.1, -0.05) is 49.4 Å². The van der Waals surface area contributed by atoms with Gasteiger partial charge in [0, 0.05) is 12.1 Å². The minimum absolute atomic E-state index is 0.0196. The van der Waals surface area contributed by atoms with E-state index in [0.717, 1.165) is 18.4 Å². The fraction of sp³-hybridized carbons (Fsp3) is 0.333. The second-order valence-corrected chi connectivity index (χ2v) is 5.29. The average Bonchev–Trinajstić information content (AvgIpc) is 2.53. The Kier molecular flexibility index (Phi) is 5.78. The van der Waals surface area contributed by atoms with Crippen LogP contribution in [0.25, 0.3) is 0 Å². The highest BCUT2D eigenvalue weighted by Gasteiger charge is 2.15. The van der Waals surface area contributed by atoms with E-state index >= 15 is 0 Å². The van der Waals surface area contributed by atoms with Gasteiger partial charge in [0.15, 0.2) is 0 Å². The molecule has 0 saturated carbocycles. The molecule has 0 saturated heterocycles. The summed E-state index contributed by atoms with van der Waals surface area (Å²) in [5.41, 5.74) is 2.34. The Bertz CT molecular complexity index is 525. The lowest BCUT2D eigenvalue weighted by atomic mass is 10.0. The highest BCUT2D eigenvalue weighted by Crippen LogP contribution is 2.20. The van der Waals surface area contributed by atoms with Crippen molar-refractivity contribution in [2.24, 2.45) is 0 Å². The number of hydrogen-bond acceptors (Lipinski definition) is 3. The smallest absolute Gasteiger partial charge is 0.115 e. The lowest BCUT2D eigenvalue weighted by Crippen LogP contribution is -2.37. The maximum atomic E-state index is 9.62. The van der Waals surface area contributed by atoms with Crippen molar-refractivity contribution in [1.82, 2.24) is 5.32 Å². The zero-order valence-electron chi connectivity index (χ0n) is 12.4. The summed E-state index contributed by atoms with van der Waals surface area (Å²) in [4.78, 5) is 0. The molecule has 0 fully saturated rings. The predicted molar refractivity (Wildman–Crippen MR) is 85.3 cm³/mol. The Hall–Kier alpha value is -1.84. The summed E-state index contributed by atoms with van der Waals surface area (Å²) >= 11 is 0. The molecule has 0 radical (unpaired) electrons. The topological polar surface area (TPSA) is 52.5 Å². The fourth-order valence-corrected chi connectivity index (χ4v) is 2.52. The van der Waals surface area contributed by atoms with Gasteiger partial charge in [0.05, 0.1) is 6.61 Å². The molecule has 2 aromatic carbocycles. The van der Waals surface area contributed by atoms with Gasteiger partial charge < -0.3 is 15.5 Å². The first-order valence-corrected chi connectivity index (χ1v) is 7.42. The summed E-state index contributed by atoms with van der Waals surface area (Å²) < 4.78 is 0. The van der Waals surface area contributed by atoms with Crippen LogP contribution in [0.1, 0.15) is 30.5 Å². The van der Waals surface area contributed by atoms with Crippen LogP contribution >= 0.6 is 0 Å². The van der Waals surface area contributed by atoms with Crippen LogP contribution in [0.15, 0.2) is 54.6 Å². The third-order valence-electron chi connectivity index (χ3n) is 3.69. The molecule has 21 heavy (non-hydrogen) atoms. The zero-order valence-corrected chi connectivity index (χ0v) is 12.4. The van der Waals surface area contributed by atoms with Crippen LogP contribution in [-0.4, -0.2) is 22.9 Å². The lowest BCUT2D eigenvalue weighted by Gasteiger charge is -2.24. The molecular formula is C18H23NO2. The normalized spacial score (nSPS) is 13.8. The van der Waals surface area contributed by atoms with Crippen LogP contribution in [-0.2, 0) is 6.42 Å². The largest absolute Gasteiger partial charge is 0.508 e. The van der Waals surface area contributed by atoms with Gasteiger partial charge >= 0.3 is 0 Å². The molecule has 3 heteroatoms. The molecular weight excluding hydrogens is 262 g/mol. The van der Waals surface area contributed by atoms with E-state index < -0.39 is 0 Å². The summed E-state index contributed by atoms with van der Waals surface area (Å²) in [7, 11) is 0. The molecule has 0 aliphatic carbocycles. The quantitative estimate of drug-likeness (QED) is 0.733. The van der Waals surface area contributed by atoms with Crippen LogP contribution in [0, 0.1) is 0 Å². The Morgan fingerprint density at radius 3 is 2.24 bits per heavy atom. The van der Waals surface area contributed by atoms with Crippen LogP contribution < -0.4 is 5.32 Å². The minimum atomic E-state index is 0.0196. The van der Waals surface area contributed by atoms with E-state index in [1.165, 1.54) is 5.56 Å². The SMILES string of the molecule is CCC(NC(CO)Cc1ccccc1)c1ccc(O)cc1. The summed E-state index contributed by atoms with van der Waals surface area (Å²) in [5, 5.41) is 22.5. The van der Waals surface area contributed by atoms with Crippen molar-refractivity contribution < 1.29 is 10.2 Å². The molecule has 0 aliphatic heterocycles. The third kappa shape index (κ3) is 4.59. The molecule has 0 spiro atoms. The van der Waals surface area contributed by atoms with Crippen molar-refractivity contribution in [3.63, 3.8) is 0 Å². The summed E-state index contributed by atoms with van der Waals surface area (Å²) in [6, 6.07) is 17.6. The van der Waals surface area contributed by atoms with E-state index in [2.05, 4.69) is 24.4 Å². The third-order valence-corrected chi connectivity index (χ3v) is 3.69. The van der Waals surface area contributed by atoms with Gasteiger partial charge in [0.25, 0.3) is 0 Å². The van der Waals surface area contributed by atoms with Gasteiger partial charge in [-0.05, 0) is 36.1 Å².